The van der Waals surface area contributed by atoms with Gasteiger partial charge in [0.05, 0.1) is 23.2 Å². The average Bonchev–Trinajstić information content (AvgIpc) is 3.14. The molecule has 4 rings (SSSR count). The molecule has 6 nitrogen and oxygen atoms in total. The highest BCUT2D eigenvalue weighted by molar-refractivity contribution is 5.94. The number of benzene rings is 2. The Kier molecular flexibility index (Phi) is 6.45. The fourth-order valence-electron chi connectivity index (χ4n) is 4.12. The smallest absolute Gasteiger partial charge is 0.251 e. The zero-order valence-corrected chi connectivity index (χ0v) is 17.7. The topological polar surface area (TPSA) is 70.2 Å². The molecule has 1 fully saturated rings. The van der Waals surface area contributed by atoms with E-state index in [2.05, 4.69) is 34.0 Å². The van der Waals surface area contributed by atoms with E-state index in [1.165, 1.54) is 5.56 Å². The third-order valence-corrected chi connectivity index (χ3v) is 5.43. The van der Waals surface area contributed by atoms with Crippen LogP contribution < -0.4 is 5.32 Å². The molecule has 2 aromatic carbocycles. The van der Waals surface area contributed by atoms with Crippen LogP contribution in [0.25, 0.3) is 11.0 Å². The lowest BCUT2D eigenvalue weighted by Gasteiger charge is -2.35. The number of ether oxygens (including phenoxy) is 1. The zero-order valence-electron chi connectivity index (χ0n) is 17.7. The Balaban J connectivity index is 1.22. The van der Waals surface area contributed by atoms with Crippen LogP contribution in [-0.4, -0.2) is 52.6 Å². The van der Waals surface area contributed by atoms with Gasteiger partial charge in [-0.1, -0.05) is 24.3 Å². The van der Waals surface area contributed by atoms with Gasteiger partial charge in [-0.2, -0.15) is 0 Å². The van der Waals surface area contributed by atoms with Gasteiger partial charge >= 0.3 is 0 Å². The summed E-state index contributed by atoms with van der Waals surface area (Å²) < 4.78 is 5.79. The van der Waals surface area contributed by atoms with Crippen molar-refractivity contribution >= 4 is 16.9 Å². The summed E-state index contributed by atoms with van der Waals surface area (Å²) in [6.07, 6.45) is 2.18. The van der Waals surface area contributed by atoms with E-state index in [-0.39, 0.29) is 18.1 Å². The van der Waals surface area contributed by atoms with Gasteiger partial charge in [0.2, 0.25) is 0 Å². The van der Waals surface area contributed by atoms with Gasteiger partial charge in [-0.25, -0.2) is 4.98 Å². The molecule has 1 aliphatic rings. The maximum Gasteiger partial charge on any atom is 0.251 e. The van der Waals surface area contributed by atoms with Crippen molar-refractivity contribution in [3.05, 3.63) is 65.5 Å². The van der Waals surface area contributed by atoms with Crippen molar-refractivity contribution in [1.82, 2.24) is 20.2 Å². The summed E-state index contributed by atoms with van der Waals surface area (Å²) >= 11 is 0. The van der Waals surface area contributed by atoms with E-state index in [4.69, 9.17) is 4.74 Å². The van der Waals surface area contributed by atoms with E-state index in [1.54, 1.807) is 0 Å². The molecule has 1 aromatic heterocycles. The number of aryl methyl sites for hydroxylation is 1. The Bertz CT molecular complexity index is 939. The molecule has 3 aromatic rings. The predicted octanol–water partition coefficient (Wildman–Crippen LogP) is 3.53. The highest BCUT2D eigenvalue weighted by Gasteiger charge is 2.22. The number of H-pyrrole nitrogens is 1. The van der Waals surface area contributed by atoms with E-state index in [9.17, 15) is 4.79 Å². The fourth-order valence-corrected chi connectivity index (χ4v) is 4.12. The normalized spacial score (nSPS) is 19.8. The average molecular weight is 407 g/mol. The second-order valence-electron chi connectivity index (χ2n) is 8.21. The number of aromatic nitrogens is 2. The SMILES string of the molecule is CC1CN(Cc2ccc(C(=O)NCCCc3nc4ccccc4[nH]3)cc2)CC(C)O1. The molecule has 1 saturated heterocycles. The lowest BCUT2D eigenvalue weighted by atomic mass is 10.1. The van der Waals surface area contributed by atoms with Crippen LogP contribution in [0, 0.1) is 0 Å². The van der Waals surface area contributed by atoms with Crippen molar-refractivity contribution in [2.75, 3.05) is 19.6 Å². The number of amides is 1. The van der Waals surface area contributed by atoms with Crippen LogP contribution in [0.2, 0.25) is 0 Å². The number of rotatable bonds is 7. The summed E-state index contributed by atoms with van der Waals surface area (Å²) in [5.41, 5.74) is 3.96. The molecule has 2 atom stereocenters. The van der Waals surface area contributed by atoms with Gasteiger partial charge in [-0.15, -0.1) is 0 Å². The minimum Gasteiger partial charge on any atom is -0.373 e. The molecule has 2 heterocycles. The molecule has 0 radical (unpaired) electrons. The van der Waals surface area contributed by atoms with Crippen molar-refractivity contribution < 1.29 is 9.53 Å². The fraction of sp³-hybridized carbons (Fsp3) is 0.417. The number of nitrogens with one attached hydrogen (secondary N) is 2. The van der Waals surface area contributed by atoms with Gasteiger partial charge in [-0.05, 0) is 50.1 Å². The molecule has 0 aliphatic carbocycles. The molecular weight excluding hydrogens is 376 g/mol. The number of imidazole rings is 1. The number of para-hydroxylation sites is 2. The second kappa shape index (κ2) is 9.41. The first kappa shape index (κ1) is 20.6. The number of carbonyl (C=O) groups is 1. The second-order valence-corrected chi connectivity index (χ2v) is 8.21. The van der Waals surface area contributed by atoms with Crippen LogP contribution in [0.1, 0.15) is 42.0 Å². The monoisotopic (exact) mass is 406 g/mol. The maximum atomic E-state index is 12.4. The molecule has 30 heavy (non-hydrogen) atoms. The number of morpholine rings is 1. The summed E-state index contributed by atoms with van der Waals surface area (Å²) in [5.74, 6) is 0.932. The Morgan fingerprint density at radius 3 is 2.60 bits per heavy atom. The number of hydrogen-bond acceptors (Lipinski definition) is 4. The Morgan fingerprint density at radius 1 is 1.13 bits per heavy atom. The van der Waals surface area contributed by atoms with E-state index in [0.29, 0.717) is 12.1 Å². The van der Waals surface area contributed by atoms with Crippen molar-refractivity contribution in [2.45, 2.75) is 45.4 Å². The quantitative estimate of drug-likeness (QED) is 0.589. The summed E-state index contributed by atoms with van der Waals surface area (Å²) in [6.45, 7) is 7.63. The molecule has 1 amide bonds. The third-order valence-electron chi connectivity index (χ3n) is 5.43. The molecule has 0 saturated carbocycles. The predicted molar refractivity (Wildman–Crippen MR) is 118 cm³/mol. The van der Waals surface area contributed by atoms with E-state index in [1.807, 2.05) is 48.5 Å². The van der Waals surface area contributed by atoms with Crippen molar-refractivity contribution in [3.8, 4) is 0 Å². The minimum absolute atomic E-state index is 0.0280. The van der Waals surface area contributed by atoms with Gasteiger partial charge in [0.15, 0.2) is 0 Å². The minimum atomic E-state index is -0.0280. The van der Waals surface area contributed by atoms with Crippen LogP contribution in [0.15, 0.2) is 48.5 Å². The number of fused-ring (bicyclic) bond motifs is 1. The highest BCUT2D eigenvalue weighted by atomic mass is 16.5. The van der Waals surface area contributed by atoms with E-state index in [0.717, 1.165) is 49.3 Å². The zero-order chi connectivity index (χ0) is 20.9. The first-order chi connectivity index (χ1) is 14.6. The lowest BCUT2D eigenvalue weighted by molar-refractivity contribution is -0.0704. The van der Waals surface area contributed by atoms with Crippen LogP contribution >= 0.6 is 0 Å². The van der Waals surface area contributed by atoms with Gasteiger partial charge in [0.1, 0.15) is 5.82 Å². The Hall–Kier alpha value is -2.70. The molecule has 1 aliphatic heterocycles. The third kappa shape index (κ3) is 5.26. The number of hydrogen-bond donors (Lipinski definition) is 2. The van der Waals surface area contributed by atoms with Crippen molar-refractivity contribution in [3.63, 3.8) is 0 Å². The van der Waals surface area contributed by atoms with Crippen molar-refractivity contribution in [2.24, 2.45) is 0 Å². The molecule has 2 unspecified atom stereocenters. The summed E-state index contributed by atoms with van der Waals surface area (Å²) in [6, 6.07) is 15.9. The Morgan fingerprint density at radius 2 is 1.87 bits per heavy atom. The number of aromatic amines is 1. The van der Waals surface area contributed by atoms with Crippen LogP contribution in [-0.2, 0) is 17.7 Å². The lowest BCUT2D eigenvalue weighted by Crippen LogP contribution is -2.44. The van der Waals surface area contributed by atoms with Gasteiger partial charge in [0, 0.05) is 38.2 Å². The van der Waals surface area contributed by atoms with E-state index >= 15 is 0 Å². The molecule has 2 N–H and O–H groups in total. The highest BCUT2D eigenvalue weighted by Crippen LogP contribution is 2.15. The molecule has 6 heteroatoms. The molecule has 0 spiro atoms. The molecule has 0 bridgehead atoms. The van der Waals surface area contributed by atoms with Gasteiger partial charge in [-0.3, -0.25) is 9.69 Å². The molecular formula is C24H30N4O2. The first-order valence-electron chi connectivity index (χ1n) is 10.8. The van der Waals surface area contributed by atoms with E-state index < -0.39 is 0 Å². The summed E-state index contributed by atoms with van der Waals surface area (Å²) in [7, 11) is 0. The van der Waals surface area contributed by atoms with Gasteiger partial charge in [0.25, 0.3) is 5.91 Å². The van der Waals surface area contributed by atoms with Crippen LogP contribution in [0.4, 0.5) is 0 Å². The number of carbonyl (C=O) groups excluding carboxylic acids is 1. The van der Waals surface area contributed by atoms with Gasteiger partial charge < -0.3 is 15.0 Å². The first-order valence-corrected chi connectivity index (χ1v) is 10.8. The van der Waals surface area contributed by atoms with Crippen LogP contribution in [0.5, 0.6) is 0 Å². The van der Waals surface area contributed by atoms with Crippen LogP contribution in [0.3, 0.4) is 0 Å². The number of nitrogens with zero attached hydrogens (tertiary/aromatic N) is 2. The summed E-state index contributed by atoms with van der Waals surface area (Å²) in [5, 5.41) is 3.01. The maximum absolute atomic E-state index is 12.4. The standard InChI is InChI=1S/C24H30N4O2/c1-17-14-28(15-18(2)30-17)16-19-9-11-20(12-10-19)24(29)25-13-5-8-23-26-21-6-3-4-7-22(21)27-23/h3-4,6-7,9-12,17-18H,5,8,13-16H2,1-2H3,(H,25,29)(H,26,27). The van der Waals surface area contributed by atoms with Crippen molar-refractivity contribution in [1.29, 1.82) is 0 Å². The Labute approximate surface area is 177 Å². The largest absolute Gasteiger partial charge is 0.373 e. The molecule has 158 valence electrons. The summed E-state index contributed by atoms with van der Waals surface area (Å²) in [4.78, 5) is 22.7.